The van der Waals surface area contributed by atoms with Crippen LogP contribution in [0.3, 0.4) is 0 Å². The molecule has 76 valence electrons. The summed E-state index contributed by atoms with van der Waals surface area (Å²) in [7, 11) is 0. The zero-order valence-corrected chi connectivity index (χ0v) is 7.94. The van der Waals surface area contributed by atoms with Crippen LogP contribution in [0.2, 0.25) is 0 Å². The van der Waals surface area contributed by atoms with E-state index in [1.165, 1.54) is 0 Å². The fraction of sp³-hybridized carbons (Fsp3) is 0.875. The summed E-state index contributed by atoms with van der Waals surface area (Å²) in [5, 5.41) is 2.85. The second kappa shape index (κ2) is 13.0. The number of carbonyl (C=O) groups excluding carboxylic acids is 1. The molecule has 0 unspecified atom stereocenters. The summed E-state index contributed by atoms with van der Waals surface area (Å²) < 4.78 is 0. The molecule has 0 heterocycles. The molecule has 5 N–H and O–H groups in total. The fourth-order valence-corrected chi connectivity index (χ4v) is 0.720. The van der Waals surface area contributed by atoms with E-state index in [1.54, 1.807) is 0 Å². The van der Waals surface area contributed by atoms with Crippen LogP contribution < -0.4 is 5.32 Å². The summed E-state index contributed by atoms with van der Waals surface area (Å²) in [6.07, 6.45) is 3.85. The average molecular weight is 179 g/mol. The van der Waals surface area contributed by atoms with Crippen molar-refractivity contribution in [3.05, 3.63) is 0 Å². The van der Waals surface area contributed by atoms with Crippen LogP contribution in [0.15, 0.2) is 0 Å². The minimum absolute atomic E-state index is 0. The summed E-state index contributed by atoms with van der Waals surface area (Å²) in [6, 6.07) is 0. The molecule has 0 aromatic heterocycles. The van der Waals surface area contributed by atoms with Crippen LogP contribution in [0.1, 0.15) is 39.5 Å². The minimum Gasteiger partial charge on any atom is -0.412 e. The second-order valence-electron chi connectivity index (χ2n) is 2.45. The number of hydrogen-bond donors (Lipinski definition) is 1. The molecule has 0 aliphatic carbocycles. The first-order valence-electron chi connectivity index (χ1n) is 4.08. The van der Waals surface area contributed by atoms with Gasteiger partial charge in [0.1, 0.15) is 0 Å². The van der Waals surface area contributed by atoms with Crippen LogP contribution in [0.25, 0.3) is 0 Å². The Hall–Kier alpha value is -0.610. The van der Waals surface area contributed by atoms with Gasteiger partial charge in [-0.3, -0.25) is 4.79 Å². The number of carbonyl (C=O) groups is 1. The first-order valence-corrected chi connectivity index (χ1v) is 4.08. The van der Waals surface area contributed by atoms with Gasteiger partial charge in [-0.1, -0.05) is 20.3 Å². The van der Waals surface area contributed by atoms with Crippen molar-refractivity contribution in [3.8, 4) is 0 Å². The van der Waals surface area contributed by atoms with Crippen LogP contribution >= 0.6 is 0 Å². The molecule has 0 atom stereocenters. The maximum absolute atomic E-state index is 10.8. The molecule has 0 aliphatic heterocycles. The minimum atomic E-state index is 0. The molecule has 0 radical (unpaired) electrons. The highest BCUT2D eigenvalue weighted by Gasteiger charge is 1.95. The predicted octanol–water partition coefficient (Wildman–Crippen LogP) is 0.0534. The largest absolute Gasteiger partial charge is 0.412 e. The summed E-state index contributed by atoms with van der Waals surface area (Å²) >= 11 is 0. The van der Waals surface area contributed by atoms with Crippen molar-refractivity contribution in [2.75, 3.05) is 6.54 Å². The highest BCUT2D eigenvalue weighted by molar-refractivity contribution is 5.75. The molecule has 0 rings (SSSR count). The van der Waals surface area contributed by atoms with Crippen molar-refractivity contribution >= 4 is 5.91 Å². The van der Waals surface area contributed by atoms with Crippen LogP contribution in [-0.2, 0) is 4.79 Å². The van der Waals surface area contributed by atoms with Gasteiger partial charge in [0.2, 0.25) is 5.91 Å². The second-order valence-corrected chi connectivity index (χ2v) is 2.45. The summed E-state index contributed by atoms with van der Waals surface area (Å²) in [6.45, 7) is 4.97. The Labute approximate surface area is 74.0 Å². The number of amides is 1. The van der Waals surface area contributed by atoms with Crippen molar-refractivity contribution in [3.63, 3.8) is 0 Å². The van der Waals surface area contributed by atoms with Gasteiger partial charge in [-0.15, -0.1) is 0 Å². The molecular formula is C8H21NO3. The van der Waals surface area contributed by atoms with E-state index in [0.717, 1.165) is 25.8 Å². The van der Waals surface area contributed by atoms with Crippen LogP contribution in [-0.4, -0.2) is 23.4 Å². The molecule has 0 fully saturated rings. The molecule has 0 aliphatic rings. The molecule has 0 aromatic carbocycles. The van der Waals surface area contributed by atoms with E-state index in [1.807, 2.05) is 6.92 Å². The molecule has 1 amide bonds. The number of hydrogen-bond acceptors (Lipinski definition) is 1. The van der Waals surface area contributed by atoms with Crippen LogP contribution in [0, 0.1) is 0 Å². The van der Waals surface area contributed by atoms with Gasteiger partial charge in [-0.05, 0) is 12.8 Å². The predicted molar refractivity (Wildman–Crippen MR) is 50.1 cm³/mol. The average Bonchev–Trinajstić information content (AvgIpc) is 1.89. The Bertz CT molecular complexity index is 96.3. The third kappa shape index (κ3) is 12.1. The Morgan fingerprint density at radius 3 is 2.17 bits per heavy atom. The normalized spacial score (nSPS) is 7.83. The Morgan fingerprint density at radius 1 is 1.17 bits per heavy atom. The van der Waals surface area contributed by atoms with E-state index in [4.69, 9.17) is 0 Å². The first kappa shape index (κ1) is 17.5. The third-order valence-corrected chi connectivity index (χ3v) is 1.33. The molecule has 0 aromatic rings. The lowest BCUT2D eigenvalue weighted by Crippen LogP contribution is -2.23. The fourth-order valence-electron chi connectivity index (χ4n) is 0.720. The molecule has 4 nitrogen and oxygen atoms in total. The van der Waals surface area contributed by atoms with Gasteiger partial charge in [0, 0.05) is 13.0 Å². The molecule has 12 heavy (non-hydrogen) atoms. The number of nitrogens with one attached hydrogen (secondary N) is 1. The van der Waals surface area contributed by atoms with Crippen molar-refractivity contribution in [2.24, 2.45) is 0 Å². The van der Waals surface area contributed by atoms with Crippen LogP contribution in [0.4, 0.5) is 0 Å². The highest BCUT2D eigenvalue weighted by Crippen LogP contribution is 1.87. The van der Waals surface area contributed by atoms with Gasteiger partial charge in [0.05, 0.1) is 0 Å². The number of unbranched alkanes of at least 4 members (excludes halogenated alkanes) is 1. The molecular weight excluding hydrogens is 158 g/mol. The van der Waals surface area contributed by atoms with Gasteiger partial charge in [-0.2, -0.15) is 0 Å². The molecule has 4 heteroatoms. The van der Waals surface area contributed by atoms with E-state index in [0.29, 0.717) is 6.42 Å². The van der Waals surface area contributed by atoms with Crippen LogP contribution in [0.5, 0.6) is 0 Å². The van der Waals surface area contributed by atoms with E-state index in [9.17, 15) is 4.79 Å². The summed E-state index contributed by atoms with van der Waals surface area (Å²) in [5.74, 6) is 0.191. The van der Waals surface area contributed by atoms with Crippen molar-refractivity contribution in [1.29, 1.82) is 0 Å². The van der Waals surface area contributed by atoms with Gasteiger partial charge in [0.15, 0.2) is 0 Å². The maximum atomic E-state index is 10.8. The number of rotatable bonds is 5. The quantitative estimate of drug-likeness (QED) is 0.593. The summed E-state index contributed by atoms with van der Waals surface area (Å²) in [4.78, 5) is 10.8. The highest BCUT2D eigenvalue weighted by atomic mass is 16.1. The Balaban J connectivity index is -0.000000405. The smallest absolute Gasteiger partial charge is 0.219 e. The van der Waals surface area contributed by atoms with E-state index >= 15 is 0 Å². The first-order chi connectivity index (χ1) is 4.81. The van der Waals surface area contributed by atoms with Gasteiger partial charge in [0.25, 0.3) is 0 Å². The van der Waals surface area contributed by atoms with Crippen molar-refractivity contribution in [2.45, 2.75) is 39.5 Å². The third-order valence-electron chi connectivity index (χ3n) is 1.33. The SMILES string of the molecule is CCCCNC(=O)CCC.O.O. The van der Waals surface area contributed by atoms with E-state index < -0.39 is 0 Å². The van der Waals surface area contributed by atoms with Gasteiger partial charge in [-0.25, -0.2) is 0 Å². The molecule has 0 bridgehead atoms. The summed E-state index contributed by atoms with van der Waals surface area (Å²) in [5.41, 5.74) is 0. The van der Waals surface area contributed by atoms with E-state index in [-0.39, 0.29) is 16.9 Å². The zero-order chi connectivity index (χ0) is 7.82. The topological polar surface area (TPSA) is 92.1 Å². The molecule has 0 spiro atoms. The monoisotopic (exact) mass is 179 g/mol. The lowest BCUT2D eigenvalue weighted by Gasteiger charge is -2.00. The van der Waals surface area contributed by atoms with Gasteiger partial charge < -0.3 is 16.3 Å². The lowest BCUT2D eigenvalue weighted by atomic mass is 10.3. The van der Waals surface area contributed by atoms with E-state index in [2.05, 4.69) is 12.2 Å². The lowest BCUT2D eigenvalue weighted by molar-refractivity contribution is -0.121. The molecule has 0 saturated carbocycles. The Kier molecular flexibility index (Phi) is 18.9. The Morgan fingerprint density at radius 2 is 1.75 bits per heavy atom. The van der Waals surface area contributed by atoms with Crippen molar-refractivity contribution in [1.82, 2.24) is 5.32 Å². The van der Waals surface area contributed by atoms with Gasteiger partial charge >= 0.3 is 0 Å². The standard InChI is InChI=1S/C8H17NO.2H2O/c1-3-5-7-9-8(10)6-4-2;;/h3-7H2,1-2H3,(H,9,10);2*1H2. The zero-order valence-electron chi connectivity index (χ0n) is 7.94. The van der Waals surface area contributed by atoms with Crippen molar-refractivity contribution < 1.29 is 15.7 Å². The maximum Gasteiger partial charge on any atom is 0.219 e. The molecule has 0 saturated heterocycles.